The van der Waals surface area contributed by atoms with E-state index >= 15 is 0 Å². The minimum Gasteiger partial charge on any atom is -0.449 e. The smallest absolute Gasteiger partial charge is 0.408 e. The first-order valence-corrected chi connectivity index (χ1v) is 8.21. The summed E-state index contributed by atoms with van der Waals surface area (Å²) >= 11 is 0. The van der Waals surface area contributed by atoms with E-state index in [1.54, 1.807) is 26.8 Å². The predicted molar refractivity (Wildman–Crippen MR) is 92.7 cm³/mol. The molecular formula is C18H26N2O5. The van der Waals surface area contributed by atoms with Gasteiger partial charge in [-0.15, -0.1) is 0 Å². The molecule has 1 heterocycles. The molecule has 0 spiro atoms. The van der Waals surface area contributed by atoms with Gasteiger partial charge in [0.25, 0.3) is 0 Å². The average Bonchev–Trinajstić information content (AvgIpc) is 2.76. The van der Waals surface area contributed by atoms with Crippen molar-refractivity contribution in [3.05, 3.63) is 23.8 Å². The first kappa shape index (κ1) is 18.9. The molecule has 25 heavy (non-hydrogen) atoms. The van der Waals surface area contributed by atoms with Gasteiger partial charge in [0, 0.05) is 27.3 Å². The number of likely N-dealkylation sites (N-methyl/N-ethyl adjacent to an activating group) is 1. The fraction of sp³-hybridized carbons (Fsp3) is 0.556. The molecule has 138 valence electrons. The maximum Gasteiger partial charge on any atom is 0.408 e. The Bertz CT molecular complexity index is 664. The highest BCUT2D eigenvalue weighted by atomic mass is 16.7. The topological polar surface area (TPSA) is 85.9 Å². The van der Waals surface area contributed by atoms with Crippen molar-refractivity contribution in [3.8, 4) is 11.5 Å². The zero-order valence-corrected chi connectivity index (χ0v) is 15.6. The highest BCUT2D eigenvalue weighted by Gasteiger charge is 2.32. The van der Waals surface area contributed by atoms with Crippen LogP contribution in [0.2, 0.25) is 0 Å². The van der Waals surface area contributed by atoms with Gasteiger partial charge in [-0.2, -0.15) is 0 Å². The second-order valence-electron chi connectivity index (χ2n) is 7.40. The number of rotatable bonds is 4. The summed E-state index contributed by atoms with van der Waals surface area (Å²) in [7, 11) is 1.52. The van der Waals surface area contributed by atoms with Gasteiger partial charge in [0.2, 0.25) is 11.7 Å². The summed E-state index contributed by atoms with van der Waals surface area (Å²) < 4.78 is 16.6. The van der Waals surface area contributed by atoms with Gasteiger partial charge in [-0.05, 0) is 38.5 Å². The van der Waals surface area contributed by atoms with E-state index in [1.165, 1.54) is 7.05 Å². The molecule has 1 aromatic rings. The van der Waals surface area contributed by atoms with Crippen molar-refractivity contribution in [2.24, 2.45) is 0 Å². The molecule has 0 radical (unpaired) electrons. The number of hydrogen-bond acceptors (Lipinski definition) is 5. The first-order chi connectivity index (χ1) is 11.5. The number of hydrogen-bond donors (Lipinski definition) is 2. The molecule has 2 amide bonds. The lowest BCUT2D eigenvalue weighted by Crippen LogP contribution is -2.48. The van der Waals surface area contributed by atoms with Gasteiger partial charge in [0.05, 0.1) is 0 Å². The minimum absolute atomic E-state index is 0.302. The van der Waals surface area contributed by atoms with E-state index in [2.05, 4.69) is 10.6 Å². The van der Waals surface area contributed by atoms with Gasteiger partial charge in [0.15, 0.2) is 11.5 Å². The molecule has 2 N–H and O–H groups in total. The molecule has 0 unspecified atom stereocenters. The zero-order valence-electron chi connectivity index (χ0n) is 15.6. The Morgan fingerprint density at radius 3 is 2.44 bits per heavy atom. The van der Waals surface area contributed by atoms with E-state index in [4.69, 9.17) is 14.2 Å². The van der Waals surface area contributed by atoms with Gasteiger partial charge in [-0.25, -0.2) is 4.79 Å². The SMILES string of the molecule is CNC(=O)[C@H](Cc1ccc2c(c1)OC(C)(C)O2)NC(=O)OC(C)(C)C. The minimum atomic E-state index is -0.756. The van der Waals surface area contributed by atoms with Crippen LogP contribution < -0.4 is 20.1 Å². The quantitative estimate of drug-likeness (QED) is 0.871. The summed E-state index contributed by atoms with van der Waals surface area (Å²) in [5, 5.41) is 5.17. The highest BCUT2D eigenvalue weighted by molar-refractivity contribution is 5.85. The Hall–Kier alpha value is -2.44. The van der Waals surface area contributed by atoms with Crippen molar-refractivity contribution < 1.29 is 23.8 Å². The van der Waals surface area contributed by atoms with Gasteiger partial charge >= 0.3 is 6.09 Å². The maximum absolute atomic E-state index is 12.1. The van der Waals surface area contributed by atoms with Crippen molar-refractivity contribution in [2.45, 2.75) is 58.5 Å². The first-order valence-electron chi connectivity index (χ1n) is 8.21. The van der Waals surface area contributed by atoms with Crippen LogP contribution in [0.5, 0.6) is 11.5 Å². The van der Waals surface area contributed by atoms with Crippen LogP contribution in [0, 0.1) is 0 Å². The number of alkyl carbamates (subject to hydrolysis) is 1. The van der Waals surface area contributed by atoms with Crippen molar-refractivity contribution in [3.63, 3.8) is 0 Å². The number of benzene rings is 1. The van der Waals surface area contributed by atoms with Crippen LogP contribution in [0.15, 0.2) is 18.2 Å². The van der Waals surface area contributed by atoms with Gasteiger partial charge < -0.3 is 24.8 Å². The Labute approximate surface area is 148 Å². The maximum atomic E-state index is 12.1. The summed E-state index contributed by atoms with van der Waals surface area (Å²) in [5.41, 5.74) is 0.200. The van der Waals surface area contributed by atoms with Crippen LogP contribution in [-0.4, -0.2) is 36.5 Å². The molecule has 0 saturated carbocycles. The Morgan fingerprint density at radius 1 is 1.20 bits per heavy atom. The highest BCUT2D eigenvalue weighted by Crippen LogP contribution is 2.39. The molecule has 1 aliphatic rings. The normalized spacial score (nSPS) is 16.1. The fourth-order valence-corrected chi connectivity index (χ4v) is 2.46. The molecule has 1 aliphatic heterocycles. The number of carbonyl (C=O) groups excluding carboxylic acids is 2. The molecule has 0 aromatic heterocycles. The molecule has 0 bridgehead atoms. The molecule has 1 atom stereocenters. The molecule has 0 fully saturated rings. The van der Waals surface area contributed by atoms with E-state index in [1.807, 2.05) is 26.0 Å². The van der Waals surface area contributed by atoms with Gasteiger partial charge in [-0.1, -0.05) is 6.07 Å². The number of ether oxygens (including phenoxy) is 3. The molecule has 7 heteroatoms. The van der Waals surface area contributed by atoms with E-state index in [-0.39, 0.29) is 5.91 Å². The lowest BCUT2D eigenvalue weighted by atomic mass is 10.0. The summed E-state index contributed by atoms with van der Waals surface area (Å²) in [6.45, 7) is 8.94. The third-order valence-corrected chi connectivity index (χ3v) is 3.41. The van der Waals surface area contributed by atoms with Crippen LogP contribution in [0.25, 0.3) is 0 Å². The number of nitrogens with one attached hydrogen (secondary N) is 2. The predicted octanol–water partition coefficient (Wildman–Crippen LogP) is 2.38. The van der Waals surface area contributed by atoms with E-state index < -0.39 is 23.5 Å². The molecule has 0 aliphatic carbocycles. The zero-order chi connectivity index (χ0) is 18.8. The van der Waals surface area contributed by atoms with Crippen molar-refractivity contribution in [2.75, 3.05) is 7.05 Å². The number of fused-ring (bicyclic) bond motifs is 1. The van der Waals surface area contributed by atoms with E-state index in [0.717, 1.165) is 5.56 Å². The Balaban J connectivity index is 2.11. The summed E-state index contributed by atoms with van der Waals surface area (Å²) in [6.07, 6.45) is -0.335. The van der Waals surface area contributed by atoms with Crippen LogP contribution in [0.1, 0.15) is 40.2 Å². The monoisotopic (exact) mass is 350 g/mol. The molecule has 0 saturated heterocycles. The lowest BCUT2D eigenvalue weighted by Gasteiger charge is -2.23. The lowest BCUT2D eigenvalue weighted by molar-refractivity contribution is -0.122. The van der Waals surface area contributed by atoms with Crippen molar-refractivity contribution in [1.82, 2.24) is 10.6 Å². The largest absolute Gasteiger partial charge is 0.449 e. The molecule has 2 rings (SSSR count). The summed E-state index contributed by atoms with van der Waals surface area (Å²) in [6, 6.07) is 4.70. The summed E-state index contributed by atoms with van der Waals surface area (Å²) in [5.74, 6) is 0.264. The number of amides is 2. The van der Waals surface area contributed by atoms with Crippen LogP contribution in [-0.2, 0) is 16.0 Å². The standard InChI is InChI=1S/C18H26N2O5/c1-17(2,3)25-16(22)20-12(15(21)19-6)9-11-7-8-13-14(10-11)24-18(4,5)23-13/h7-8,10,12H,9H2,1-6H3,(H,19,21)(H,20,22)/t12-/m0/s1. The van der Waals surface area contributed by atoms with Gasteiger partial charge in [-0.3, -0.25) is 4.79 Å². The third-order valence-electron chi connectivity index (χ3n) is 3.41. The number of carbonyl (C=O) groups is 2. The second kappa shape index (κ2) is 6.82. The second-order valence-corrected chi connectivity index (χ2v) is 7.40. The molecule has 1 aromatic carbocycles. The Kier molecular flexibility index (Phi) is 5.15. The fourth-order valence-electron chi connectivity index (χ4n) is 2.46. The third kappa shape index (κ3) is 5.27. The van der Waals surface area contributed by atoms with E-state index in [9.17, 15) is 9.59 Å². The van der Waals surface area contributed by atoms with Gasteiger partial charge in [0.1, 0.15) is 11.6 Å². The summed E-state index contributed by atoms with van der Waals surface area (Å²) in [4.78, 5) is 24.1. The molecular weight excluding hydrogens is 324 g/mol. The van der Waals surface area contributed by atoms with Crippen LogP contribution >= 0.6 is 0 Å². The van der Waals surface area contributed by atoms with Crippen LogP contribution in [0.3, 0.4) is 0 Å². The molecule has 7 nitrogen and oxygen atoms in total. The van der Waals surface area contributed by atoms with E-state index in [0.29, 0.717) is 17.9 Å². The Morgan fingerprint density at radius 2 is 1.84 bits per heavy atom. The van der Waals surface area contributed by atoms with Crippen molar-refractivity contribution >= 4 is 12.0 Å². The average molecular weight is 350 g/mol. The van der Waals surface area contributed by atoms with Crippen molar-refractivity contribution in [1.29, 1.82) is 0 Å². The van der Waals surface area contributed by atoms with Crippen LogP contribution in [0.4, 0.5) is 4.79 Å².